The van der Waals surface area contributed by atoms with E-state index in [1.165, 1.54) is 18.4 Å². The van der Waals surface area contributed by atoms with Gasteiger partial charge in [-0.05, 0) is 42.5 Å². The van der Waals surface area contributed by atoms with Crippen LogP contribution in [0.15, 0.2) is 40.2 Å². The van der Waals surface area contributed by atoms with Gasteiger partial charge in [-0.3, -0.25) is 4.79 Å². The van der Waals surface area contributed by atoms with Crippen molar-refractivity contribution >= 4 is 28.2 Å². The number of aromatic nitrogens is 1. The van der Waals surface area contributed by atoms with Crippen LogP contribution in [0.2, 0.25) is 0 Å². The molecular weight excluding hydrogens is 408 g/mol. The lowest BCUT2D eigenvalue weighted by Crippen LogP contribution is -2.28. The van der Waals surface area contributed by atoms with Gasteiger partial charge in [0.2, 0.25) is 5.91 Å². The molecule has 0 radical (unpaired) electrons. The molecule has 4 rings (SSSR count). The fourth-order valence-corrected chi connectivity index (χ4v) is 4.02. The SMILES string of the molecule is COC(=O)c1ccsc1NC(=O)C1(c2cc(-c3ccc(OC)c(OC)c3)on2)CC1. The summed E-state index contributed by atoms with van der Waals surface area (Å²) >= 11 is 1.27. The van der Waals surface area contributed by atoms with Gasteiger partial charge in [-0.25, -0.2) is 4.79 Å². The number of methoxy groups -OCH3 is 3. The van der Waals surface area contributed by atoms with E-state index < -0.39 is 11.4 Å². The van der Waals surface area contributed by atoms with Gasteiger partial charge < -0.3 is 24.1 Å². The molecule has 1 amide bonds. The van der Waals surface area contributed by atoms with Gasteiger partial charge in [0.1, 0.15) is 5.00 Å². The zero-order valence-corrected chi connectivity index (χ0v) is 17.5. The molecule has 8 nitrogen and oxygen atoms in total. The molecule has 9 heteroatoms. The quantitative estimate of drug-likeness (QED) is 0.570. The molecule has 0 aliphatic heterocycles. The lowest BCUT2D eigenvalue weighted by Gasteiger charge is -2.12. The summed E-state index contributed by atoms with van der Waals surface area (Å²) in [5, 5.41) is 9.19. The van der Waals surface area contributed by atoms with Crippen LogP contribution >= 0.6 is 11.3 Å². The van der Waals surface area contributed by atoms with E-state index in [-0.39, 0.29) is 5.91 Å². The maximum Gasteiger partial charge on any atom is 0.340 e. The molecule has 1 saturated carbocycles. The fraction of sp³-hybridized carbons (Fsp3) is 0.286. The number of carbonyl (C=O) groups excluding carboxylic acids is 2. The molecule has 0 spiro atoms. The lowest BCUT2D eigenvalue weighted by molar-refractivity contribution is -0.118. The Morgan fingerprint density at radius 1 is 1.10 bits per heavy atom. The molecule has 1 aliphatic rings. The molecule has 1 fully saturated rings. The van der Waals surface area contributed by atoms with Crippen LogP contribution in [-0.4, -0.2) is 38.4 Å². The summed E-state index contributed by atoms with van der Waals surface area (Å²) in [6, 6.07) is 8.79. The maximum atomic E-state index is 13.0. The third-order valence-electron chi connectivity index (χ3n) is 5.15. The molecule has 1 aromatic carbocycles. The molecule has 1 aliphatic carbocycles. The Kier molecular flexibility index (Phi) is 5.21. The number of hydrogen-bond donors (Lipinski definition) is 1. The van der Waals surface area contributed by atoms with Gasteiger partial charge in [0.25, 0.3) is 0 Å². The van der Waals surface area contributed by atoms with E-state index in [4.69, 9.17) is 18.7 Å². The van der Waals surface area contributed by atoms with Crippen molar-refractivity contribution < 1.29 is 28.3 Å². The van der Waals surface area contributed by atoms with Crippen LogP contribution in [0.3, 0.4) is 0 Å². The van der Waals surface area contributed by atoms with E-state index in [9.17, 15) is 9.59 Å². The molecule has 1 N–H and O–H groups in total. The van der Waals surface area contributed by atoms with E-state index in [0.717, 1.165) is 5.56 Å². The first kappa shape index (κ1) is 20.0. The van der Waals surface area contributed by atoms with E-state index in [1.807, 2.05) is 6.07 Å². The van der Waals surface area contributed by atoms with Crippen molar-refractivity contribution in [2.45, 2.75) is 18.3 Å². The highest BCUT2D eigenvalue weighted by atomic mass is 32.1. The van der Waals surface area contributed by atoms with Crippen molar-refractivity contribution in [2.75, 3.05) is 26.6 Å². The van der Waals surface area contributed by atoms with Gasteiger partial charge in [-0.1, -0.05) is 5.16 Å². The fourth-order valence-electron chi connectivity index (χ4n) is 3.25. The number of carbonyl (C=O) groups is 2. The summed E-state index contributed by atoms with van der Waals surface area (Å²) in [6.07, 6.45) is 1.30. The van der Waals surface area contributed by atoms with Crippen LogP contribution < -0.4 is 14.8 Å². The van der Waals surface area contributed by atoms with Crippen molar-refractivity contribution in [1.29, 1.82) is 0 Å². The van der Waals surface area contributed by atoms with Crippen LogP contribution in [0, 0.1) is 0 Å². The minimum absolute atomic E-state index is 0.220. The molecule has 0 unspecified atom stereocenters. The van der Waals surface area contributed by atoms with Gasteiger partial charge in [-0.2, -0.15) is 0 Å². The first-order valence-corrected chi connectivity index (χ1v) is 10.1. The third kappa shape index (κ3) is 3.41. The standard InChI is InChI=1S/C21H20N2O6S/c1-26-14-5-4-12(10-16(14)27-2)15-11-17(23-29-15)21(7-8-21)20(25)22-18-13(6-9-30-18)19(24)28-3/h4-6,9-11H,7-8H2,1-3H3,(H,22,25). The summed E-state index contributed by atoms with van der Waals surface area (Å²) in [5.41, 5.74) is 0.878. The highest BCUT2D eigenvalue weighted by molar-refractivity contribution is 7.14. The molecule has 30 heavy (non-hydrogen) atoms. The average Bonchev–Trinajstić information content (AvgIpc) is 3.21. The number of nitrogens with zero attached hydrogens (tertiary/aromatic N) is 1. The Morgan fingerprint density at radius 3 is 2.53 bits per heavy atom. The average molecular weight is 428 g/mol. The highest BCUT2D eigenvalue weighted by Crippen LogP contribution is 2.49. The van der Waals surface area contributed by atoms with Gasteiger partial charge in [-0.15, -0.1) is 11.3 Å². The Balaban J connectivity index is 1.57. The van der Waals surface area contributed by atoms with E-state index in [0.29, 0.717) is 46.4 Å². The van der Waals surface area contributed by atoms with Crippen LogP contribution in [0.25, 0.3) is 11.3 Å². The van der Waals surface area contributed by atoms with Gasteiger partial charge >= 0.3 is 5.97 Å². The Hall–Kier alpha value is -3.33. The summed E-state index contributed by atoms with van der Waals surface area (Å²) in [7, 11) is 4.43. The molecule has 3 aromatic rings. The van der Waals surface area contributed by atoms with Crippen molar-refractivity contribution in [3.8, 4) is 22.8 Å². The van der Waals surface area contributed by atoms with Crippen LogP contribution in [0.4, 0.5) is 5.00 Å². The summed E-state index contributed by atoms with van der Waals surface area (Å²) in [5.74, 6) is 0.989. The molecule has 0 atom stereocenters. The zero-order valence-electron chi connectivity index (χ0n) is 16.7. The zero-order chi connectivity index (χ0) is 21.3. The molecular formula is C21H20N2O6S. The molecule has 156 valence electrons. The third-order valence-corrected chi connectivity index (χ3v) is 5.98. The Bertz CT molecular complexity index is 1100. The first-order chi connectivity index (χ1) is 14.5. The largest absolute Gasteiger partial charge is 0.493 e. The predicted octanol–water partition coefficient (Wildman–Crippen LogP) is 3.88. The highest BCUT2D eigenvalue weighted by Gasteiger charge is 2.54. The molecule has 0 bridgehead atoms. The van der Waals surface area contributed by atoms with E-state index >= 15 is 0 Å². The summed E-state index contributed by atoms with van der Waals surface area (Å²) in [4.78, 5) is 24.9. The number of thiophene rings is 1. The lowest BCUT2D eigenvalue weighted by atomic mass is 10.00. The van der Waals surface area contributed by atoms with Crippen molar-refractivity contribution in [2.24, 2.45) is 0 Å². The molecule has 0 saturated heterocycles. The summed E-state index contributed by atoms with van der Waals surface area (Å²) in [6.45, 7) is 0. The van der Waals surface area contributed by atoms with Gasteiger partial charge in [0.05, 0.1) is 38.0 Å². The minimum atomic E-state index is -0.768. The second-order valence-electron chi connectivity index (χ2n) is 6.84. The Labute approximate surface area is 176 Å². The normalized spacial score (nSPS) is 14.1. The van der Waals surface area contributed by atoms with Crippen molar-refractivity contribution in [3.63, 3.8) is 0 Å². The molecule has 2 heterocycles. The Morgan fingerprint density at radius 2 is 1.87 bits per heavy atom. The van der Waals surface area contributed by atoms with Crippen molar-refractivity contribution in [3.05, 3.63) is 47.0 Å². The number of rotatable bonds is 7. The second-order valence-corrected chi connectivity index (χ2v) is 7.75. The number of benzene rings is 1. The topological polar surface area (TPSA) is 99.9 Å². The first-order valence-electron chi connectivity index (χ1n) is 9.19. The van der Waals surface area contributed by atoms with Gasteiger partial charge in [0, 0.05) is 11.6 Å². The maximum absolute atomic E-state index is 13.0. The van der Waals surface area contributed by atoms with Crippen LogP contribution in [-0.2, 0) is 14.9 Å². The van der Waals surface area contributed by atoms with E-state index in [1.54, 1.807) is 43.9 Å². The smallest absolute Gasteiger partial charge is 0.340 e. The van der Waals surface area contributed by atoms with Crippen LogP contribution in [0.5, 0.6) is 11.5 Å². The van der Waals surface area contributed by atoms with Crippen molar-refractivity contribution in [1.82, 2.24) is 5.16 Å². The minimum Gasteiger partial charge on any atom is -0.493 e. The number of hydrogen-bond acceptors (Lipinski definition) is 8. The van der Waals surface area contributed by atoms with Gasteiger partial charge in [0.15, 0.2) is 17.3 Å². The number of ether oxygens (including phenoxy) is 3. The monoisotopic (exact) mass is 428 g/mol. The number of esters is 1. The number of amides is 1. The molecule has 2 aromatic heterocycles. The van der Waals surface area contributed by atoms with E-state index in [2.05, 4.69) is 10.5 Å². The van der Waals surface area contributed by atoms with Crippen LogP contribution in [0.1, 0.15) is 28.9 Å². The number of anilines is 1. The summed E-state index contributed by atoms with van der Waals surface area (Å²) < 4.78 is 20.9. The predicted molar refractivity (Wildman–Crippen MR) is 110 cm³/mol. The number of nitrogens with one attached hydrogen (secondary N) is 1. The second kappa shape index (κ2) is 7.83.